The third-order valence-corrected chi connectivity index (χ3v) is 6.16. The molecular weight excluding hydrogens is 364 g/mol. The number of fused-ring (bicyclic) bond motifs is 2. The highest BCUT2D eigenvalue weighted by Crippen LogP contribution is 2.29. The molecule has 5 heteroatoms. The molecule has 4 rings (SSSR count). The quantitative estimate of drug-likeness (QED) is 0.707. The summed E-state index contributed by atoms with van der Waals surface area (Å²) in [6.45, 7) is 4.09. The standard InChI is InChI=1S/C24H26N2O3/c1-14-7-3-6-10-21(14)25-15(2)24(29)26-16-11-12-19-20(13-16)23(28)18-9-5-4-8-17(18)22(19)27/h4-5,8-9,11-15,21,25H,3,6-7,10H2,1-2H3,(H,26,29)/t14-,15-,21-/m0/s1. The fourth-order valence-corrected chi connectivity index (χ4v) is 4.39. The van der Waals surface area contributed by atoms with Crippen molar-refractivity contribution in [3.05, 3.63) is 64.7 Å². The number of ketones is 2. The Kier molecular flexibility index (Phi) is 5.33. The van der Waals surface area contributed by atoms with E-state index in [2.05, 4.69) is 17.6 Å². The number of hydrogen-bond acceptors (Lipinski definition) is 4. The second-order valence-electron chi connectivity index (χ2n) is 8.21. The molecule has 2 aromatic carbocycles. The molecule has 2 aliphatic carbocycles. The van der Waals surface area contributed by atoms with E-state index in [1.54, 1.807) is 42.5 Å². The molecule has 1 fully saturated rings. The van der Waals surface area contributed by atoms with Crippen LogP contribution in [-0.4, -0.2) is 29.6 Å². The number of anilines is 1. The minimum Gasteiger partial charge on any atom is -0.325 e. The summed E-state index contributed by atoms with van der Waals surface area (Å²) in [6, 6.07) is 11.8. The van der Waals surface area contributed by atoms with Crippen LogP contribution in [0, 0.1) is 5.92 Å². The third kappa shape index (κ3) is 3.75. The van der Waals surface area contributed by atoms with Gasteiger partial charge in [-0.3, -0.25) is 14.4 Å². The molecule has 5 nitrogen and oxygen atoms in total. The van der Waals surface area contributed by atoms with Gasteiger partial charge in [0, 0.05) is 34.0 Å². The average molecular weight is 390 g/mol. The van der Waals surface area contributed by atoms with Crippen molar-refractivity contribution in [1.82, 2.24) is 5.32 Å². The van der Waals surface area contributed by atoms with Gasteiger partial charge in [-0.15, -0.1) is 0 Å². The molecule has 2 N–H and O–H groups in total. The van der Waals surface area contributed by atoms with Crippen molar-refractivity contribution >= 4 is 23.2 Å². The van der Waals surface area contributed by atoms with Crippen molar-refractivity contribution in [2.45, 2.75) is 51.6 Å². The predicted octanol–water partition coefficient (Wildman–Crippen LogP) is 3.96. The lowest BCUT2D eigenvalue weighted by atomic mass is 9.84. The van der Waals surface area contributed by atoms with Gasteiger partial charge < -0.3 is 10.6 Å². The number of benzene rings is 2. The van der Waals surface area contributed by atoms with E-state index in [0.717, 1.165) is 6.42 Å². The van der Waals surface area contributed by atoms with Gasteiger partial charge in [0.25, 0.3) is 0 Å². The molecule has 29 heavy (non-hydrogen) atoms. The molecule has 1 amide bonds. The molecule has 150 valence electrons. The monoisotopic (exact) mass is 390 g/mol. The van der Waals surface area contributed by atoms with E-state index < -0.39 is 0 Å². The Morgan fingerprint density at radius 2 is 1.55 bits per heavy atom. The lowest BCUT2D eigenvalue weighted by Gasteiger charge is -2.31. The number of rotatable bonds is 4. The van der Waals surface area contributed by atoms with E-state index in [0.29, 0.717) is 39.9 Å². The smallest absolute Gasteiger partial charge is 0.241 e. The van der Waals surface area contributed by atoms with Crippen LogP contribution in [0.2, 0.25) is 0 Å². The van der Waals surface area contributed by atoms with E-state index >= 15 is 0 Å². The molecule has 0 radical (unpaired) electrons. The van der Waals surface area contributed by atoms with Crippen molar-refractivity contribution in [3.63, 3.8) is 0 Å². The molecule has 1 saturated carbocycles. The van der Waals surface area contributed by atoms with Crippen molar-refractivity contribution in [3.8, 4) is 0 Å². The van der Waals surface area contributed by atoms with Crippen LogP contribution >= 0.6 is 0 Å². The lowest BCUT2D eigenvalue weighted by molar-refractivity contribution is -0.118. The van der Waals surface area contributed by atoms with Crippen LogP contribution in [-0.2, 0) is 4.79 Å². The number of amides is 1. The Hall–Kier alpha value is -2.79. The number of hydrogen-bond donors (Lipinski definition) is 2. The third-order valence-electron chi connectivity index (χ3n) is 6.16. The van der Waals surface area contributed by atoms with Gasteiger partial charge in [-0.1, -0.05) is 44.0 Å². The highest BCUT2D eigenvalue weighted by molar-refractivity contribution is 6.28. The van der Waals surface area contributed by atoms with Crippen LogP contribution in [0.3, 0.4) is 0 Å². The zero-order chi connectivity index (χ0) is 20.5. The van der Waals surface area contributed by atoms with Crippen molar-refractivity contribution < 1.29 is 14.4 Å². The zero-order valence-electron chi connectivity index (χ0n) is 16.8. The number of carbonyl (C=O) groups excluding carboxylic acids is 3. The van der Waals surface area contributed by atoms with E-state index in [-0.39, 0.29) is 23.5 Å². The second-order valence-corrected chi connectivity index (χ2v) is 8.21. The van der Waals surface area contributed by atoms with Gasteiger partial charge in [-0.05, 0) is 43.9 Å². The number of carbonyl (C=O) groups is 3. The largest absolute Gasteiger partial charge is 0.325 e. The van der Waals surface area contributed by atoms with Crippen molar-refractivity contribution in [2.24, 2.45) is 5.92 Å². The molecular formula is C24H26N2O3. The molecule has 2 aliphatic rings. The molecule has 0 bridgehead atoms. The van der Waals surface area contributed by atoms with Crippen LogP contribution in [0.4, 0.5) is 5.69 Å². The molecule has 0 spiro atoms. The summed E-state index contributed by atoms with van der Waals surface area (Å²) in [5.74, 6) is 0.0760. The van der Waals surface area contributed by atoms with E-state index in [1.807, 2.05) is 6.92 Å². The second kappa shape index (κ2) is 7.91. The van der Waals surface area contributed by atoms with Gasteiger partial charge in [-0.2, -0.15) is 0 Å². The molecule has 0 aromatic heterocycles. The summed E-state index contributed by atoms with van der Waals surface area (Å²) in [5, 5.41) is 6.34. The van der Waals surface area contributed by atoms with Crippen LogP contribution in [0.5, 0.6) is 0 Å². The Morgan fingerprint density at radius 3 is 2.24 bits per heavy atom. The van der Waals surface area contributed by atoms with Gasteiger partial charge >= 0.3 is 0 Å². The molecule has 2 aromatic rings. The summed E-state index contributed by atoms with van der Waals surface area (Å²) in [5.41, 5.74) is 2.09. The molecule has 0 aliphatic heterocycles. The fraction of sp³-hybridized carbons (Fsp3) is 0.375. The maximum Gasteiger partial charge on any atom is 0.241 e. The minimum atomic E-state index is -0.338. The van der Waals surface area contributed by atoms with Gasteiger partial charge in [0.1, 0.15) is 0 Å². The van der Waals surface area contributed by atoms with Crippen LogP contribution in [0.15, 0.2) is 42.5 Å². The minimum absolute atomic E-state index is 0.141. The van der Waals surface area contributed by atoms with Crippen molar-refractivity contribution in [1.29, 1.82) is 0 Å². The molecule has 0 unspecified atom stereocenters. The summed E-state index contributed by atoms with van der Waals surface area (Å²) in [6.07, 6.45) is 4.73. The van der Waals surface area contributed by atoms with E-state index in [4.69, 9.17) is 0 Å². The first-order valence-corrected chi connectivity index (χ1v) is 10.3. The highest BCUT2D eigenvalue weighted by atomic mass is 16.2. The lowest BCUT2D eigenvalue weighted by Crippen LogP contribution is -2.47. The maximum atomic E-state index is 12.8. The Bertz CT molecular complexity index is 982. The topological polar surface area (TPSA) is 75.3 Å². The fourth-order valence-electron chi connectivity index (χ4n) is 4.39. The van der Waals surface area contributed by atoms with Crippen molar-refractivity contribution in [2.75, 3.05) is 5.32 Å². The average Bonchev–Trinajstić information content (AvgIpc) is 2.73. The molecule has 0 saturated heterocycles. The highest BCUT2D eigenvalue weighted by Gasteiger charge is 2.30. The van der Waals surface area contributed by atoms with E-state index in [1.165, 1.54) is 19.3 Å². The molecule has 3 atom stereocenters. The summed E-state index contributed by atoms with van der Waals surface area (Å²) in [4.78, 5) is 38.2. The van der Waals surface area contributed by atoms with E-state index in [9.17, 15) is 14.4 Å². The predicted molar refractivity (Wildman–Crippen MR) is 112 cm³/mol. The van der Waals surface area contributed by atoms with Gasteiger partial charge in [0.05, 0.1) is 6.04 Å². The van der Waals surface area contributed by atoms with Crippen LogP contribution in [0.25, 0.3) is 0 Å². The normalized spacial score (nSPS) is 21.9. The van der Waals surface area contributed by atoms with Gasteiger partial charge in [0.15, 0.2) is 11.6 Å². The zero-order valence-corrected chi connectivity index (χ0v) is 16.8. The van der Waals surface area contributed by atoms with Gasteiger partial charge in [0.2, 0.25) is 5.91 Å². The first-order valence-electron chi connectivity index (χ1n) is 10.3. The summed E-state index contributed by atoms with van der Waals surface area (Å²) >= 11 is 0. The Morgan fingerprint density at radius 1 is 0.931 bits per heavy atom. The summed E-state index contributed by atoms with van der Waals surface area (Å²) in [7, 11) is 0. The SMILES string of the molecule is C[C@H](N[C@H]1CCCC[C@@H]1C)C(=O)Nc1ccc2c(c1)C(=O)c1ccccc1C2=O. The Labute approximate surface area is 170 Å². The summed E-state index contributed by atoms with van der Waals surface area (Å²) < 4.78 is 0. The molecule has 0 heterocycles. The number of nitrogens with one attached hydrogen (secondary N) is 2. The Balaban J connectivity index is 1.50. The van der Waals surface area contributed by atoms with Crippen LogP contribution < -0.4 is 10.6 Å². The first kappa shape index (κ1) is 19.5. The van der Waals surface area contributed by atoms with Crippen LogP contribution in [0.1, 0.15) is 71.4 Å². The van der Waals surface area contributed by atoms with Gasteiger partial charge in [-0.25, -0.2) is 0 Å². The first-order chi connectivity index (χ1) is 14.0. The maximum absolute atomic E-state index is 12.8.